The lowest BCUT2D eigenvalue weighted by Crippen LogP contribution is -2.47. The lowest BCUT2D eigenvalue weighted by atomic mass is 9.62. The van der Waals surface area contributed by atoms with E-state index in [9.17, 15) is 9.18 Å². The van der Waals surface area contributed by atoms with Gasteiger partial charge in [0, 0.05) is 13.1 Å². The Morgan fingerprint density at radius 3 is 2.33 bits per heavy atom. The number of hydrogen-bond donors (Lipinski definition) is 0. The normalized spacial score (nSPS) is 28.6. The van der Waals surface area contributed by atoms with Crippen molar-refractivity contribution < 1.29 is 9.18 Å². The maximum atomic E-state index is 12.6. The van der Waals surface area contributed by atoms with Crippen LogP contribution in [-0.4, -0.2) is 30.6 Å². The molecule has 1 spiro atoms. The second kappa shape index (κ2) is 2.71. The topological polar surface area (TPSA) is 20.3 Å². The van der Waals surface area contributed by atoms with Gasteiger partial charge in [0.1, 0.15) is 6.17 Å². The van der Waals surface area contributed by atoms with E-state index in [1.807, 2.05) is 0 Å². The first-order chi connectivity index (χ1) is 5.74. The fourth-order valence-electron chi connectivity index (χ4n) is 2.39. The van der Waals surface area contributed by atoms with Crippen molar-refractivity contribution in [1.29, 1.82) is 0 Å². The van der Waals surface area contributed by atoms with Gasteiger partial charge in [-0.3, -0.25) is 4.79 Å². The molecule has 1 heterocycles. The second-order valence-electron chi connectivity index (χ2n) is 4.15. The lowest BCUT2D eigenvalue weighted by molar-refractivity contribution is -0.122. The van der Waals surface area contributed by atoms with Gasteiger partial charge >= 0.3 is 0 Å². The molecular formula is C9H14FNO. The molecule has 0 aromatic heterocycles. The van der Waals surface area contributed by atoms with Gasteiger partial charge in [-0.25, -0.2) is 4.39 Å². The highest BCUT2D eigenvalue weighted by Crippen LogP contribution is 2.50. The third-order valence-corrected chi connectivity index (χ3v) is 3.32. The highest BCUT2D eigenvalue weighted by molar-refractivity contribution is 5.47. The van der Waals surface area contributed by atoms with Gasteiger partial charge in [-0.2, -0.15) is 0 Å². The molecule has 0 aromatic rings. The van der Waals surface area contributed by atoms with Crippen LogP contribution in [-0.2, 0) is 4.79 Å². The summed E-state index contributed by atoms with van der Waals surface area (Å²) in [6.45, 7) is 1.66. The number of hydrogen-bond acceptors (Lipinski definition) is 1. The standard InChI is InChI=1S/C9H14FNO/c10-8-5-9(6-8)1-3-11(7-12)4-2-9/h7-8H,1-6H2. The van der Waals surface area contributed by atoms with Crippen molar-refractivity contribution in [2.24, 2.45) is 5.41 Å². The fraction of sp³-hybridized carbons (Fsp3) is 0.889. The molecule has 68 valence electrons. The summed E-state index contributed by atoms with van der Waals surface area (Å²) in [6.07, 6.45) is 3.82. The van der Waals surface area contributed by atoms with E-state index in [-0.39, 0.29) is 5.41 Å². The minimum absolute atomic E-state index is 0.277. The average Bonchev–Trinajstić information content (AvgIpc) is 2.04. The van der Waals surface area contributed by atoms with Crippen molar-refractivity contribution in [3.63, 3.8) is 0 Å². The van der Waals surface area contributed by atoms with Crippen molar-refractivity contribution in [2.75, 3.05) is 13.1 Å². The summed E-state index contributed by atoms with van der Waals surface area (Å²) >= 11 is 0. The molecule has 1 saturated carbocycles. The Bertz CT molecular complexity index is 179. The van der Waals surface area contributed by atoms with Crippen LogP contribution < -0.4 is 0 Å². The molecule has 0 atom stereocenters. The molecule has 0 unspecified atom stereocenters. The molecule has 3 heteroatoms. The van der Waals surface area contributed by atoms with Crippen LogP contribution in [0.1, 0.15) is 25.7 Å². The molecular weight excluding hydrogens is 157 g/mol. The Balaban J connectivity index is 1.86. The monoisotopic (exact) mass is 171 g/mol. The number of likely N-dealkylation sites (tertiary alicyclic amines) is 1. The van der Waals surface area contributed by atoms with Crippen molar-refractivity contribution in [3.05, 3.63) is 0 Å². The third kappa shape index (κ3) is 1.21. The first-order valence-corrected chi connectivity index (χ1v) is 4.58. The summed E-state index contributed by atoms with van der Waals surface area (Å²) in [5.41, 5.74) is 0.277. The molecule has 12 heavy (non-hydrogen) atoms. The van der Waals surface area contributed by atoms with Crippen LogP contribution in [0.25, 0.3) is 0 Å². The SMILES string of the molecule is O=CN1CCC2(CC1)CC(F)C2. The van der Waals surface area contributed by atoms with Crippen LogP contribution >= 0.6 is 0 Å². The number of carbonyl (C=O) groups excluding carboxylic acids is 1. The average molecular weight is 171 g/mol. The molecule has 2 fully saturated rings. The number of rotatable bonds is 1. The quantitative estimate of drug-likeness (QED) is 0.545. The summed E-state index contributed by atoms with van der Waals surface area (Å²) < 4.78 is 12.6. The van der Waals surface area contributed by atoms with Gasteiger partial charge in [0.15, 0.2) is 0 Å². The Morgan fingerprint density at radius 1 is 1.33 bits per heavy atom. The molecule has 0 aromatic carbocycles. The zero-order valence-corrected chi connectivity index (χ0v) is 7.13. The smallest absolute Gasteiger partial charge is 0.209 e. The van der Waals surface area contributed by atoms with Crippen molar-refractivity contribution in [3.8, 4) is 0 Å². The highest BCUT2D eigenvalue weighted by atomic mass is 19.1. The number of nitrogens with zero attached hydrogens (tertiary/aromatic N) is 1. The minimum atomic E-state index is -0.562. The van der Waals surface area contributed by atoms with Crippen LogP contribution in [0.5, 0.6) is 0 Å². The maximum absolute atomic E-state index is 12.6. The van der Waals surface area contributed by atoms with E-state index in [1.54, 1.807) is 4.90 Å². The Morgan fingerprint density at radius 2 is 1.92 bits per heavy atom. The number of halogens is 1. The molecule has 0 bridgehead atoms. The van der Waals surface area contributed by atoms with Gasteiger partial charge in [0.25, 0.3) is 0 Å². The van der Waals surface area contributed by atoms with Gasteiger partial charge in [0.05, 0.1) is 0 Å². The van der Waals surface area contributed by atoms with Crippen LogP contribution in [0.15, 0.2) is 0 Å². The van der Waals surface area contributed by atoms with Crippen molar-refractivity contribution in [1.82, 2.24) is 4.90 Å². The van der Waals surface area contributed by atoms with Crippen molar-refractivity contribution in [2.45, 2.75) is 31.9 Å². The summed E-state index contributed by atoms with van der Waals surface area (Å²) in [5, 5.41) is 0. The van der Waals surface area contributed by atoms with E-state index in [0.29, 0.717) is 0 Å². The molecule has 1 saturated heterocycles. The van der Waals surface area contributed by atoms with Crippen LogP contribution in [0.2, 0.25) is 0 Å². The molecule has 1 aliphatic carbocycles. The molecule has 0 radical (unpaired) electrons. The second-order valence-corrected chi connectivity index (χ2v) is 4.15. The number of amides is 1. The van der Waals surface area contributed by atoms with Crippen LogP contribution in [0, 0.1) is 5.41 Å². The van der Waals surface area contributed by atoms with Gasteiger partial charge in [-0.1, -0.05) is 0 Å². The van der Waals surface area contributed by atoms with Crippen molar-refractivity contribution >= 4 is 6.41 Å². The number of piperidine rings is 1. The molecule has 2 aliphatic rings. The molecule has 1 amide bonds. The molecule has 0 N–H and O–H groups in total. The molecule has 2 rings (SSSR count). The van der Waals surface area contributed by atoms with E-state index in [0.717, 1.165) is 45.2 Å². The van der Waals surface area contributed by atoms with Gasteiger partial charge in [0.2, 0.25) is 6.41 Å². The molecule has 1 aliphatic heterocycles. The van der Waals surface area contributed by atoms with Gasteiger partial charge < -0.3 is 4.90 Å². The number of alkyl halides is 1. The van der Waals surface area contributed by atoms with E-state index < -0.39 is 6.17 Å². The van der Waals surface area contributed by atoms with E-state index in [1.165, 1.54) is 0 Å². The van der Waals surface area contributed by atoms with E-state index in [2.05, 4.69) is 0 Å². The zero-order chi connectivity index (χ0) is 8.60. The lowest BCUT2D eigenvalue weighted by Gasteiger charge is -2.48. The van der Waals surface area contributed by atoms with E-state index in [4.69, 9.17) is 0 Å². The Hall–Kier alpha value is -0.600. The predicted molar refractivity (Wildman–Crippen MR) is 43.4 cm³/mol. The number of carbonyl (C=O) groups is 1. The summed E-state index contributed by atoms with van der Waals surface area (Å²) in [4.78, 5) is 12.2. The Labute approximate surface area is 71.7 Å². The van der Waals surface area contributed by atoms with E-state index >= 15 is 0 Å². The molecule has 2 nitrogen and oxygen atoms in total. The van der Waals surface area contributed by atoms with Crippen LogP contribution in [0.3, 0.4) is 0 Å². The first kappa shape index (κ1) is 8.02. The third-order valence-electron chi connectivity index (χ3n) is 3.32. The fourth-order valence-corrected chi connectivity index (χ4v) is 2.39. The summed E-state index contributed by atoms with van der Waals surface area (Å²) in [5.74, 6) is 0. The first-order valence-electron chi connectivity index (χ1n) is 4.58. The Kier molecular flexibility index (Phi) is 1.81. The van der Waals surface area contributed by atoms with Crippen LogP contribution in [0.4, 0.5) is 4.39 Å². The van der Waals surface area contributed by atoms with Gasteiger partial charge in [-0.05, 0) is 31.1 Å². The minimum Gasteiger partial charge on any atom is -0.345 e. The highest BCUT2D eigenvalue weighted by Gasteiger charge is 2.45. The van der Waals surface area contributed by atoms with Gasteiger partial charge in [-0.15, -0.1) is 0 Å². The largest absolute Gasteiger partial charge is 0.345 e. The predicted octanol–water partition coefficient (Wildman–Crippen LogP) is 1.36. The summed E-state index contributed by atoms with van der Waals surface area (Å²) in [7, 11) is 0. The zero-order valence-electron chi connectivity index (χ0n) is 7.13. The summed E-state index contributed by atoms with van der Waals surface area (Å²) in [6, 6.07) is 0. The maximum Gasteiger partial charge on any atom is 0.209 e.